The third kappa shape index (κ3) is 8.96. The number of hydrogen-bond acceptors (Lipinski definition) is 6. The molecule has 1 fully saturated rings. The molecule has 1 aliphatic rings. The van der Waals surface area contributed by atoms with Crippen molar-refractivity contribution in [3.63, 3.8) is 0 Å². The summed E-state index contributed by atoms with van der Waals surface area (Å²) in [4.78, 5) is 32.1. The summed E-state index contributed by atoms with van der Waals surface area (Å²) in [5.41, 5.74) is 2.35. The van der Waals surface area contributed by atoms with Crippen molar-refractivity contribution in [2.75, 3.05) is 30.7 Å². The molecule has 0 bridgehead atoms. The van der Waals surface area contributed by atoms with Crippen molar-refractivity contribution in [1.29, 1.82) is 0 Å². The molecule has 8 nitrogen and oxygen atoms in total. The molecule has 0 spiro atoms. The highest BCUT2D eigenvalue weighted by molar-refractivity contribution is 7.94. The minimum absolute atomic E-state index is 0.00916. The van der Waals surface area contributed by atoms with Crippen molar-refractivity contribution < 1.29 is 31.4 Å². The van der Waals surface area contributed by atoms with E-state index in [-0.39, 0.29) is 35.9 Å². The summed E-state index contributed by atoms with van der Waals surface area (Å²) >= 11 is 0. The molecule has 0 saturated carbocycles. The van der Waals surface area contributed by atoms with E-state index in [1.54, 1.807) is 72.5 Å². The topological polar surface area (TPSA) is 105 Å². The lowest BCUT2D eigenvalue weighted by Crippen LogP contribution is -2.42. The third-order valence-electron chi connectivity index (χ3n) is 7.73. The molecule has 5 rings (SSSR count). The zero-order valence-electron chi connectivity index (χ0n) is 25.6. The Hall–Kier alpha value is -4.73. The van der Waals surface area contributed by atoms with Gasteiger partial charge in [0.05, 0.1) is 27.5 Å². The van der Waals surface area contributed by atoms with Gasteiger partial charge in [-0.2, -0.15) is 17.5 Å². The molecule has 1 N–H and O–H groups in total. The summed E-state index contributed by atoms with van der Waals surface area (Å²) in [7, 11) is -3.24. The normalized spacial score (nSPS) is 16.4. The molecular weight excluding hydrogens is 629 g/mol. The summed E-state index contributed by atoms with van der Waals surface area (Å²) in [6.45, 7) is 2.54. The second-order valence-corrected chi connectivity index (χ2v) is 13.6. The number of carbonyl (C=O) groups is 2. The van der Waals surface area contributed by atoms with E-state index in [4.69, 9.17) is 4.42 Å². The zero-order valence-corrected chi connectivity index (χ0v) is 26.4. The van der Waals surface area contributed by atoms with Gasteiger partial charge in [0.2, 0.25) is 0 Å². The summed E-state index contributed by atoms with van der Waals surface area (Å²) < 4.78 is 63.4. The van der Waals surface area contributed by atoms with E-state index in [1.165, 1.54) is 24.7 Å². The summed E-state index contributed by atoms with van der Waals surface area (Å²) in [5.74, 6) is 3.69. The first-order chi connectivity index (χ1) is 22.5. The predicted molar refractivity (Wildman–Crippen MR) is 172 cm³/mol. The molecular formula is C35H33F3N4O4S. The molecule has 2 aromatic heterocycles. The van der Waals surface area contributed by atoms with Crippen molar-refractivity contribution in [3.8, 4) is 11.8 Å². The Morgan fingerprint density at radius 2 is 1.85 bits per heavy atom. The van der Waals surface area contributed by atoms with Crippen LogP contribution in [0.4, 0.5) is 18.9 Å². The van der Waals surface area contributed by atoms with E-state index >= 15 is 0 Å². The van der Waals surface area contributed by atoms with Crippen molar-refractivity contribution in [2.24, 2.45) is 10.3 Å². The number of amides is 2. The second kappa shape index (κ2) is 14.8. The lowest BCUT2D eigenvalue weighted by Gasteiger charge is -2.33. The van der Waals surface area contributed by atoms with E-state index in [0.29, 0.717) is 53.2 Å². The Labute approximate surface area is 271 Å². The van der Waals surface area contributed by atoms with E-state index in [0.717, 1.165) is 0 Å². The van der Waals surface area contributed by atoms with Crippen LogP contribution in [0.2, 0.25) is 0 Å². The van der Waals surface area contributed by atoms with Crippen LogP contribution in [0.1, 0.15) is 56.9 Å². The van der Waals surface area contributed by atoms with Crippen LogP contribution < -0.4 is 5.32 Å². The minimum atomic E-state index is -4.24. The number of likely N-dealkylation sites (tertiary alicyclic amines) is 1. The largest absolute Gasteiger partial charge is 0.459 e. The highest BCUT2D eigenvalue weighted by Crippen LogP contribution is 2.33. The fraction of sp³-hybridized carbons (Fsp3) is 0.286. The van der Waals surface area contributed by atoms with Gasteiger partial charge in [-0.3, -0.25) is 14.6 Å². The quantitative estimate of drug-likeness (QED) is 0.205. The number of nitrogens with zero attached hydrogens (tertiary/aromatic N) is 3. The number of anilines is 1. The van der Waals surface area contributed by atoms with Gasteiger partial charge in [-0.15, -0.1) is 0 Å². The number of halogens is 3. The van der Waals surface area contributed by atoms with Gasteiger partial charge >= 0.3 is 6.18 Å². The highest BCUT2D eigenvalue weighted by atomic mass is 32.2. The number of rotatable bonds is 8. The van der Waals surface area contributed by atoms with Crippen molar-refractivity contribution in [3.05, 3.63) is 113 Å². The number of benzene rings is 2. The number of aromatic nitrogens is 1. The molecule has 4 aromatic rings. The van der Waals surface area contributed by atoms with Crippen LogP contribution in [0.5, 0.6) is 0 Å². The number of pyridine rings is 1. The molecule has 2 atom stereocenters. The Morgan fingerprint density at radius 3 is 2.60 bits per heavy atom. The molecule has 47 heavy (non-hydrogen) atoms. The molecule has 2 amide bonds. The lowest BCUT2D eigenvalue weighted by atomic mass is 9.97. The minimum Gasteiger partial charge on any atom is -0.459 e. The standard InChI is InChI=1S/C35H33F3N4O4S/c1-25-15-18-46-32(25)34(44)40-30-10-5-8-26(21-30)13-14-27-20-28(23-39-22-27)33(43)41-47(45,31-11-3-2-4-12-31)19-7-17-42-16-6-9-29(24-42)35(36,37)38/h2-5,8,10-12,15,18,20-23,29H,6-7,9,16-17,19,24H2,1H3,(H,40,44)/t29?,47-/m0/s1. The SMILES string of the molecule is Cc1ccoc1C(=O)Nc1cccc(C#Cc2cncc(C(=O)N=[S@](=O)(CCCN3CCCC(C(F)(F)F)C3)c3ccccc3)c2)c1. The predicted octanol–water partition coefficient (Wildman–Crippen LogP) is 6.97. The first kappa shape index (κ1) is 33.6. The number of furan rings is 1. The van der Waals surface area contributed by atoms with Crippen LogP contribution in [0.3, 0.4) is 0 Å². The molecule has 12 heteroatoms. The molecule has 3 heterocycles. The molecule has 2 aromatic carbocycles. The third-order valence-corrected chi connectivity index (χ3v) is 10.0. The van der Waals surface area contributed by atoms with Crippen molar-refractivity contribution in [1.82, 2.24) is 9.88 Å². The van der Waals surface area contributed by atoms with Crippen molar-refractivity contribution >= 4 is 27.2 Å². The van der Waals surface area contributed by atoms with Crippen LogP contribution in [-0.2, 0) is 9.73 Å². The average molecular weight is 663 g/mol. The second-order valence-electron chi connectivity index (χ2n) is 11.3. The molecule has 1 saturated heterocycles. The lowest BCUT2D eigenvalue weighted by molar-refractivity contribution is -0.186. The average Bonchev–Trinajstić information content (AvgIpc) is 3.50. The van der Waals surface area contributed by atoms with Gasteiger partial charge in [0.25, 0.3) is 11.8 Å². The number of nitrogens with one attached hydrogen (secondary N) is 1. The van der Waals surface area contributed by atoms with Crippen LogP contribution in [-0.4, -0.2) is 57.5 Å². The fourth-order valence-corrected chi connectivity index (χ4v) is 7.19. The molecule has 1 unspecified atom stereocenters. The van der Waals surface area contributed by atoms with Gasteiger partial charge in [0.1, 0.15) is 0 Å². The highest BCUT2D eigenvalue weighted by Gasteiger charge is 2.41. The monoisotopic (exact) mass is 662 g/mol. The Morgan fingerprint density at radius 1 is 1.06 bits per heavy atom. The molecule has 0 radical (unpaired) electrons. The maximum Gasteiger partial charge on any atom is 0.393 e. The Kier molecular flexibility index (Phi) is 10.6. The van der Waals surface area contributed by atoms with Gasteiger partial charge in [-0.25, -0.2) is 4.21 Å². The van der Waals surface area contributed by atoms with E-state index < -0.39 is 27.7 Å². The fourth-order valence-electron chi connectivity index (χ4n) is 5.28. The van der Waals surface area contributed by atoms with Crippen molar-refractivity contribution in [2.45, 2.75) is 37.3 Å². The van der Waals surface area contributed by atoms with Gasteiger partial charge < -0.3 is 14.6 Å². The van der Waals surface area contributed by atoms with Gasteiger partial charge in [-0.1, -0.05) is 36.1 Å². The van der Waals surface area contributed by atoms with E-state index in [1.807, 2.05) is 0 Å². The molecule has 0 aliphatic carbocycles. The Balaban J connectivity index is 1.30. The summed E-state index contributed by atoms with van der Waals surface area (Å²) in [6.07, 6.45) is 0.864. The molecule has 1 aliphatic heterocycles. The van der Waals surface area contributed by atoms with Crippen LogP contribution >= 0.6 is 0 Å². The number of carbonyl (C=O) groups excluding carboxylic acids is 2. The van der Waals surface area contributed by atoms with E-state index in [2.05, 4.69) is 26.5 Å². The van der Waals surface area contributed by atoms with Crippen LogP contribution in [0, 0.1) is 24.7 Å². The maximum absolute atomic E-state index is 14.2. The smallest absolute Gasteiger partial charge is 0.393 e. The Bertz CT molecular complexity index is 1920. The van der Waals surface area contributed by atoms with Crippen LogP contribution in [0.15, 0.2) is 99.1 Å². The maximum atomic E-state index is 14.2. The van der Waals surface area contributed by atoms with Crippen LogP contribution in [0.25, 0.3) is 0 Å². The first-order valence-corrected chi connectivity index (χ1v) is 16.7. The molecule has 244 valence electrons. The first-order valence-electron chi connectivity index (χ1n) is 15.1. The number of piperidine rings is 1. The summed E-state index contributed by atoms with van der Waals surface area (Å²) in [5, 5.41) is 2.78. The number of aryl methyl sites for hydroxylation is 1. The summed E-state index contributed by atoms with van der Waals surface area (Å²) in [6, 6.07) is 18.5. The number of alkyl halides is 3. The van der Waals surface area contributed by atoms with E-state index in [9.17, 15) is 27.0 Å². The van der Waals surface area contributed by atoms with Gasteiger partial charge in [0.15, 0.2) is 5.76 Å². The van der Waals surface area contributed by atoms with Gasteiger partial charge in [0, 0.05) is 52.0 Å². The van der Waals surface area contributed by atoms with Gasteiger partial charge in [-0.05, 0) is 81.7 Å². The number of hydrogen-bond donors (Lipinski definition) is 1. The zero-order chi connectivity index (χ0) is 33.4.